The quantitative estimate of drug-likeness (QED) is 0.514. The zero-order valence-electron chi connectivity index (χ0n) is 9.31. The second kappa shape index (κ2) is 8.61. The molecule has 1 unspecified atom stereocenters. The van der Waals surface area contributed by atoms with Crippen LogP contribution in [0.5, 0.6) is 0 Å². The van der Waals surface area contributed by atoms with Gasteiger partial charge in [0.1, 0.15) is 0 Å². The average molecular weight is 293 g/mol. The van der Waals surface area contributed by atoms with Crippen LogP contribution in [0.3, 0.4) is 0 Å². The Hall–Kier alpha value is 0.550. The fourth-order valence-corrected chi connectivity index (χ4v) is 5.33. The van der Waals surface area contributed by atoms with Crippen molar-refractivity contribution in [1.82, 2.24) is 0 Å². The van der Waals surface area contributed by atoms with Gasteiger partial charge >= 0.3 is 0 Å². The molecule has 0 aliphatic carbocycles. The summed E-state index contributed by atoms with van der Waals surface area (Å²) in [6.07, 6.45) is 2.57. The van der Waals surface area contributed by atoms with Crippen molar-refractivity contribution in [2.45, 2.75) is 18.6 Å². The number of rotatable bonds is 7. The van der Waals surface area contributed by atoms with E-state index in [2.05, 4.69) is 18.9 Å². The van der Waals surface area contributed by atoms with Crippen molar-refractivity contribution in [3.63, 3.8) is 0 Å². The van der Waals surface area contributed by atoms with Gasteiger partial charge in [-0.25, -0.2) is 0 Å². The molecule has 0 saturated carbocycles. The summed E-state index contributed by atoms with van der Waals surface area (Å²) in [5, 5.41) is 3.92. The molecule has 90 valence electrons. The summed E-state index contributed by atoms with van der Waals surface area (Å²) in [7, 11) is 0. The molecule has 0 radical (unpaired) electrons. The third-order valence-corrected chi connectivity index (χ3v) is 6.57. The predicted octanol–water partition coefficient (Wildman–Crippen LogP) is 4.22. The van der Waals surface area contributed by atoms with Crippen molar-refractivity contribution >= 4 is 52.2 Å². The van der Waals surface area contributed by atoms with E-state index in [1.165, 1.54) is 34.2 Å². The lowest BCUT2D eigenvalue weighted by atomic mass is 10.5. The lowest BCUT2D eigenvalue weighted by Crippen LogP contribution is -2.04. The highest BCUT2D eigenvalue weighted by atomic mass is 32.2. The lowest BCUT2D eigenvalue weighted by Gasteiger charge is -2.08. The zero-order chi connectivity index (χ0) is 11.8. The van der Waals surface area contributed by atoms with E-state index in [1.807, 2.05) is 35.3 Å². The monoisotopic (exact) mass is 292 g/mol. The van der Waals surface area contributed by atoms with E-state index < -0.39 is 0 Å². The van der Waals surface area contributed by atoms with E-state index >= 15 is 0 Å². The van der Waals surface area contributed by atoms with E-state index in [4.69, 9.17) is 0 Å². The maximum absolute atomic E-state index is 11.1. The van der Waals surface area contributed by atoms with Crippen LogP contribution in [0.25, 0.3) is 0 Å². The molecule has 0 amide bonds. The lowest BCUT2D eigenvalue weighted by molar-refractivity contribution is -0.107. The molecule has 0 aromatic heterocycles. The van der Waals surface area contributed by atoms with Gasteiger partial charge in [-0.15, -0.1) is 23.5 Å². The molecule has 16 heavy (non-hydrogen) atoms. The van der Waals surface area contributed by atoms with Crippen LogP contribution in [0, 0.1) is 0 Å². The van der Waals surface area contributed by atoms with Crippen LogP contribution in [0.2, 0.25) is 0 Å². The SMILES string of the molecule is C=CC(=O)SC(C)CSCCC1=CSCS1. The fraction of sp³-hybridized carbons (Fsp3) is 0.545. The van der Waals surface area contributed by atoms with Gasteiger partial charge in [-0.2, -0.15) is 11.8 Å². The number of hydrogen-bond acceptors (Lipinski definition) is 5. The molecule has 0 bridgehead atoms. The maximum atomic E-state index is 11.1. The largest absolute Gasteiger partial charge is 0.282 e. The molecule has 1 aliphatic heterocycles. The standard InChI is InChI=1S/C11H16OS4/c1-3-11(12)16-9(2)6-13-5-4-10-7-14-8-15-10/h3,7,9H,1,4-6,8H2,2H3. The van der Waals surface area contributed by atoms with E-state index in [1.54, 1.807) is 0 Å². The third kappa shape index (κ3) is 6.33. The van der Waals surface area contributed by atoms with Crippen molar-refractivity contribution in [3.05, 3.63) is 23.0 Å². The van der Waals surface area contributed by atoms with Gasteiger partial charge in [0.2, 0.25) is 5.12 Å². The summed E-state index contributed by atoms with van der Waals surface area (Å²) in [6.45, 7) is 5.57. The summed E-state index contributed by atoms with van der Waals surface area (Å²) in [5.41, 5.74) is 0. The minimum atomic E-state index is 0.0820. The van der Waals surface area contributed by atoms with Crippen LogP contribution >= 0.6 is 47.0 Å². The van der Waals surface area contributed by atoms with Gasteiger partial charge in [0.15, 0.2) is 0 Å². The Labute approximate surface area is 115 Å². The van der Waals surface area contributed by atoms with Crippen LogP contribution in [-0.4, -0.2) is 27.0 Å². The van der Waals surface area contributed by atoms with Gasteiger partial charge in [-0.3, -0.25) is 4.79 Å². The topological polar surface area (TPSA) is 17.1 Å². The van der Waals surface area contributed by atoms with Gasteiger partial charge < -0.3 is 0 Å². The van der Waals surface area contributed by atoms with Crippen molar-refractivity contribution in [2.24, 2.45) is 0 Å². The molecule has 1 heterocycles. The molecule has 0 saturated heterocycles. The number of allylic oxidation sites excluding steroid dienone is 1. The molecule has 0 aromatic carbocycles. The molecular weight excluding hydrogens is 276 g/mol. The second-order valence-corrected chi connectivity index (χ2v) is 8.21. The first kappa shape index (κ1) is 14.6. The van der Waals surface area contributed by atoms with E-state index in [0.29, 0.717) is 5.25 Å². The minimum absolute atomic E-state index is 0.0820. The highest BCUT2D eigenvalue weighted by Crippen LogP contribution is 2.34. The molecule has 5 heteroatoms. The van der Waals surface area contributed by atoms with Crippen molar-refractivity contribution in [1.29, 1.82) is 0 Å². The molecule has 1 aliphatic rings. The summed E-state index contributed by atoms with van der Waals surface area (Å²) >= 11 is 7.15. The fourth-order valence-electron chi connectivity index (χ4n) is 1.10. The average Bonchev–Trinajstić information content (AvgIpc) is 2.77. The number of carbonyl (C=O) groups excluding carboxylic acids is 1. The third-order valence-electron chi connectivity index (χ3n) is 1.86. The summed E-state index contributed by atoms with van der Waals surface area (Å²) in [6, 6.07) is 0. The second-order valence-electron chi connectivity index (χ2n) is 3.29. The van der Waals surface area contributed by atoms with Crippen molar-refractivity contribution < 1.29 is 4.79 Å². The van der Waals surface area contributed by atoms with E-state index in [0.717, 1.165) is 11.5 Å². The molecule has 0 fully saturated rings. The molecule has 0 spiro atoms. The number of hydrogen-bond donors (Lipinski definition) is 0. The van der Waals surface area contributed by atoms with Crippen molar-refractivity contribution in [3.8, 4) is 0 Å². The predicted molar refractivity (Wildman–Crippen MR) is 82.3 cm³/mol. The van der Waals surface area contributed by atoms with Crippen LogP contribution < -0.4 is 0 Å². The maximum Gasteiger partial charge on any atom is 0.211 e. The summed E-state index contributed by atoms with van der Waals surface area (Å²) < 4.78 is 0. The normalized spacial score (nSPS) is 16.9. The Morgan fingerprint density at radius 2 is 2.56 bits per heavy atom. The summed E-state index contributed by atoms with van der Waals surface area (Å²) in [4.78, 5) is 12.6. The van der Waals surface area contributed by atoms with Crippen LogP contribution in [0.15, 0.2) is 23.0 Å². The molecule has 1 atom stereocenters. The van der Waals surface area contributed by atoms with Crippen LogP contribution in [0.1, 0.15) is 13.3 Å². The number of thioether (sulfide) groups is 4. The zero-order valence-corrected chi connectivity index (χ0v) is 12.6. The minimum Gasteiger partial charge on any atom is -0.282 e. The first-order chi connectivity index (χ1) is 7.72. The highest BCUT2D eigenvalue weighted by Gasteiger charge is 2.08. The number of carbonyl (C=O) groups is 1. The van der Waals surface area contributed by atoms with E-state index in [9.17, 15) is 4.79 Å². The smallest absolute Gasteiger partial charge is 0.211 e. The Kier molecular flexibility index (Phi) is 7.87. The van der Waals surface area contributed by atoms with Crippen LogP contribution in [-0.2, 0) is 4.79 Å². The Bertz CT molecular complexity index is 275. The Morgan fingerprint density at radius 1 is 1.75 bits per heavy atom. The molecule has 0 aromatic rings. The van der Waals surface area contributed by atoms with Gasteiger partial charge in [-0.1, -0.05) is 25.3 Å². The Balaban J connectivity index is 2.01. The van der Waals surface area contributed by atoms with Gasteiger partial charge in [-0.05, 0) is 28.6 Å². The van der Waals surface area contributed by atoms with Gasteiger partial charge in [0.25, 0.3) is 0 Å². The molecule has 0 N–H and O–H groups in total. The molecule has 1 nitrogen and oxygen atoms in total. The van der Waals surface area contributed by atoms with Crippen molar-refractivity contribution in [2.75, 3.05) is 16.6 Å². The van der Waals surface area contributed by atoms with Gasteiger partial charge in [0, 0.05) is 16.1 Å². The summed E-state index contributed by atoms with van der Waals surface area (Å²) in [5.74, 6) is 2.20. The molecular formula is C11H16OS4. The Morgan fingerprint density at radius 3 is 3.19 bits per heavy atom. The molecule has 1 rings (SSSR count). The first-order valence-electron chi connectivity index (χ1n) is 5.06. The van der Waals surface area contributed by atoms with Crippen LogP contribution in [0.4, 0.5) is 0 Å². The first-order valence-corrected chi connectivity index (χ1v) is 9.13. The van der Waals surface area contributed by atoms with Gasteiger partial charge in [0.05, 0.1) is 0 Å². The van der Waals surface area contributed by atoms with E-state index in [-0.39, 0.29) is 5.12 Å². The highest BCUT2D eigenvalue weighted by molar-refractivity contribution is 8.22.